The van der Waals surface area contributed by atoms with Crippen LogP contribution in [0.4, 0.5) is 22.7 Å². The Morgan fingerprint density at radius 3 is 1.73 bits per heavy atom. The van der Waals surface area contributed by atoms with Crippen molar-refractivity contribution in [3.63, 3.8) is 0 Å². The molecule has 0 bridgehead atoms. The molecule has 0 unspecified atom stereocenters. The van der Waals surface area contributed by atoms with Crippen LogP contribution in [0.3, 0.4) is 0 Å². The fourth-order valence-electron chi connectivity index (χ4n) is 4.62. The van der Waals surface area contributed by atoms with E-state index in [2.05, 4.69) is 9.69 Å². The predicted molar refractivity (Wildman–Crippen MR) is 243 cm³/mol. The van der Waals surface area contributed by atoms with Gasteiger partial charge in [-0.3, -0.25) is 29.0 Å². The van der Waals surface area contributed by atoms with Crippen LogP contribution in [0.15, 0.2) is 89.8 Å². The number of hydrogen-bond donors (Lipinski definition) is 4. The molecule has 2 aliphatic heterocycles. The number of thioether (sulfide) groups is 2. The van der Waals surface area contributed by atoms with Crippen LogP contribution in [-0.2, 0) is 14.4 Å². The van der Waals surface area contributed by atoms with E-state index in [-0.39, 0.29) is 36.9 Å². The summed E-state index contributed by atoms with van der Waals surface area (Å²) < 4.78 is 11.4. The molecular weight excluding hydrogens is 835 g/mol. The lowest BCUT2D eigenvalue weighted by Gasteiger charge is -2.14. The number of carbonyl (C=O) groups excluding carboxylic acids is 3. The van der Waals surface area contributed by atoms with Crippen molar-refractivity contribution in [2.45, 2.75) is 28.2 Å². The monoisotopic (exact) mass is 875 g/mol. The lowest BCUT2D eigenvalue weighted by atomic mass is 10.2. The number of ether oxygens (including phenoxy) is 2. The van der Waals surface area contributed by atoms with Crippen molar-refractivity contribution in [1.82, 2.24) is 6.15 Å². The molecule has 0 saturated carbocycles. The van der Waals surface area contributed by atoms with E-state index >= 15 is 0 Å². The number of carboxylic acid groups (broad SMARTS) is 1. The number of amides is 2. The normalized spacial score (nSPS) is 13.1. The summed E-state index contributed by atoms with van der Waals surface area (Å²) in [4.78, 5) is 53.7. The smallest absolute Gasteiger partial charge is 0.300 e. The molecule has 59 heavy (non-hydrogen) atoms. The van der Waals surface area contributed by atoms with Gasteiger partial charge in [0.1, 0.15) is 10.6 Å². The first kappa shape index (κ1) is 50.7. The number of hydrogen-bond acceptors (Lipinski definition) is 13. The number of aliphatic carboxylic acids is 1. The SMILES string of the molecule is C.CC(=O)O.CCOc1cc(C=O)ccc1O.N.[C-]#[N+]c1cccc(N2C(=O)/C(=C/c3ccc(O)c(OCC)c3)SC2=S)c1.[C-]#[N+]c1cccc(N2C(=O)CSC2=S)c1. The number of anilines is 2. The van der Waals surface area contributed by atoms with Crippen LogP contribution >= 0.6 is 48.0 Å². The van der Waals surface area contributed by atoms with Crippen LogP contribution < -0.4 is 25.4 Å². The summed E-state index contributed by atoms with van der Waals surface area (Å²) in [5.74, 6) is 0.111. The van der Waals surface area contributed by atoms with Crippen molar-refractivity contribution >= 4 is 109 Å². The maximum Gasteiger partial charge on any atom is 0.300 e. The van der Waals surface area contributed by atoms with Crippen molar-refractivity contribution in [2.24, 2.45) is 0 Å². The van der Waals surface area contributed by atoms with Crippen LogP contribution in [0.5, 0.6) is 23.0 Å². The number of rotatable bonds is 8. The van der Waals surface area contributed by atoms with Crippen molar-refractivity contribution in [3.8, 4) is 23.0 Å². The first-order valence-electron chi connectivity index (χ1n) is 16.6. The Morgan fingerprint density at radius 1 is 0.814 bits per heavy atom. The Balaban J connectivity index is 0.000000449. The minimum absolute atomic E-state index is 0. The van der Waals surface area contributed by atoms with Gasteiger partial charge in [0.25, 0.3) is 11.9 Å². The Labute approximate surface area is 361 Å². The second-order valence-corrected chi connectivity index (χ2v) is 14.3. The third kappa shape index (κ3) is 14.9. The van der Waals surface area contributed by atoms with Gasteiger partial charge < -0.3 is 30.9 Å². The standard InChI is InChI=1S/C19H14N2O3S2.C10H6N2OS2.C9H10O3.C2H4O2.CH4.H3N/c1-3-24-16-9-12(7-8-15(16)22)10-17-18(23)21(19(25)26-17)14-6-4-5-13(11-14)20-2;1-11-7-3-2-4-8(5-7)12-9(13)6-15-10(12)14;1-2-12-9-5-7(6-10)3-4-8(9)11;1-2(3)4;;/h4-11,22H,3H2,1H3;2-5H,6H2;3-6,11H,2H2,1H3;1H3,(H,3,4);1H4;1H3/b17-10-;;;;;. The highest BCUT2D eigenvalue weighted by Gasteiger charge is 2.33. The van der Waals surface area contributed by atoms with E-state index in [9.17, 15) is 24.6 Å². The molecule has 4 aromatic carbocycles. The van der Waals surface area contributed by atoms with Gasteiger partial charge in [-0.15, -0.1) is 0 Å². The number of thiocarbonyl (C=S) groups is 2. The first-order chi connectivity index (χ1) is 27.3. The predicted octanol–water partition coefficient (Wildman–Crippen LogP) is 9.84. The number of phenolic OH excluding ortho intramolecular Hbond substituents is 2. The van der Waals surface area contributed by atoms with Crippen LogP contribution in [-0.4, -0.2) is 67.0 Å². The third-order valence-corrected chi connectivity index (χ3v) is 9.64. The zero-order valence-electron chi connectivity index (χ0n) is 31.3. The second kappa shape index (κ2) is 25.2. The zero-order chi connectivity index (χ0) is 42.1. The Bertz CT molecular complexity index is 2270. The summed E-state index contributed by atoms with van der Waals surface area (Å²) in [5, 5.41) is 26.4. The van der Waals surface area contributed by atoms with Crippen molar-refractivity contribution in [3.05, 3.63) is 124 Å². The molecule has 0 aromatic heterocycles. The second-order valence-electron chi connectivity index (χ2n) is 11.0. The topological polar surface area (TPSA) is 198 Å². The molecule has 6 N–H and O–H groups in total. The van der Waals surface area contributed by atoms with E-state index in [1.54, 1.807) is 66.7 Å². The van der Waals surface area contributed by atoms with Crippen molar-refractivity contribution < 1.29 is 44.0 Å². The molecule has 14 nitrogen and oxygen atoms in total. The summed E-state index contributed by atoms with van der Waals surface area (Å²) >= 11 is 13.0. The Morgan fingerprint density at radius 2 is 1.29 bits per heavy atom. The molecule has 0 radical (unpaired) electrons. The van der Waals surface area contributed by atoms with Crippen LogP contribution in [0.1, 0.15) is 44.1 Å². The minimum atomic E-state index is -0.833. The lowest BCUT2D eigenvalue weighted by Crippen LogP contribution is -2.27. The van der Waals surface area contributed by atoms with Gasteiger partial charge in [0.05, 0.1) is 37.0 Å². The van der Waals surface area contributed by atoms with Crippen LogP contribution in [0, 0.1) is 13.1 Å². The number of aromatic hydroxyl groups is 2. The maximum atomic E-state index is 12.8. The number of phenols is 2. The summed E-state index contributed by atoms with van der Waals surface area (Å²) in [6.07, 6.45) is 2.42. The highest BCUT2D eigenvalue weighted by Crippen LogP contribution is 2.38. The largest absolute Gasteiger partial charge is 0.504 e. The number of carboxylic acids is 1. The Kier molecular flexibility index (Phi) is 21.6. The van der Waals surface area contributed by atoms with E-state index in [0.29, 0.717) is 78.6 Å². The summed E-state index contributed by atoms with van der Waals surface area (Å²) in [5.41, 5.74) is 3.44. The summed E-state index contributed by atoms with van der Waals surface area (Å²) in [6, 6.07) is 23.1. The van der Waals surface area contributed by atoms with Gasteiger partial charge in [-0.1, -0.05) is 85.7 Å². The number of benzene rings is 4. The van der Waals surface area contributed by atoms with Gasteiger partial charge in [-0.2, -0.15) is 0 Å². The lowest BCUT2D eigenvalue weighted by molar-refractivity contribution is -0.134. The molecule has 2 heterocycles. The third-order valence-electron chi connectivity index (χ3n) is 6.98. The Hall–Kier alpha value is -6.28. The van der Waals surface area contributed by atoms with E-state index < -0.39 is 5.97 Å². The summed E-state index contributed by atoms with van der Waals surface area (Å²) in [7, 11) is 0. The fraction of sp³-hybridized carbons (Fsp3) is 0.171. The van der Waals surface area contributed by atoms with E-state index in [1.807, 2.05) is 13.8 Å². The fourth-order valence-corrected chi connectivity index (χ4v) is 7.01. The van der Waals surface area contributed by atoms with Gasteiger partial charge >= 0.3 is 0 Å². The van der Waals surface area contributed by atoms with Crippen molar-refractivity contribution in [2.75, 3.05) is 28.8 Å². The van der Waals surface area contributed by atoms with Gasteiger partial charge in [0.2, 0.25) is 5.91 Å². The highest BCUT2D eigenvalue weighted by molar-refractivity contribution is 8.27. The molecule has 4 aromatic rings. The van der Waals surface area contributed by atoms with Crippen LogP contribution in [0.25, 0.3) is 15.8 Å². The molecule has 18 heteroatoms. The quantitative estimate of drug-likeness (QED) is 0.0565. The van der Waals surface area contributed by atoms with E-state index in [1.165, 1.54) is 57.6 Å². The molecule has 2 aliphatic rings. The van der Waals surface area contributed by atoms with E-state index in [0.717, 1.165) is 12.5 Å². The van der Waals surface area contributed by atoms with Gasteiger partial charge in [0.15, 0.2) is 38.7 Å². The molecule has 0 atom stereocenters. The minimum Gasteiger partial charge on any atom is -0.504 e. The van der Waals surface area contributed by atoms with Gasteiger partial charge in [-0.05, 0) is 80.1 Å². The molecular formula is C41H41N5O9S4. The number of carbonyl (C=O) groups is 4. The number of nitrogens with zero attached hydrogens (tertiary/aromatic N) is 4. The van der Waals surface area contributed by atoms with E-state index in [4.69, 9.17) is 57.0 Å². The first-order valence-corrected chi connectivity index (χ1v) is 19.2. The highest BCUT2D eigenvalue weighted by atomic mass is 32.2. The molecule has 6 rings (SSSR count). The molecule has 2 amide bonds. The zero-order valence-corrected chi connectivity index (χ0v) is 34.5. The molecule has 308 valence electrons. The average molecular weight is 876 g/mol. The molecule has 0 aliphatic carbocycles. The molecule has 2 fully saturated rings. The molecule has 0 spiro atoms. The van der Waals surface area contributed by atoms with Gasteiger partial charge in [-0.25, -0.2) is 9.69 Å². The number of aldehydes is 1. The van der Waals surface area contributed by atoms with Crippen LogP contribution in [0.2, 0.25) is 0 Å². The maximum absolute atomic E-state index is 12.8. The summed E-state index contributed by atoms with van der Waals surface area (Å²) in [6.45, 7) is 19.6. The molecule has 2 saturated heterocycles. The van der Waals surface area contributed by atoms with Crippen molar-refractivity contribution in [1.29, 1.82) is 0 Å². The average Bonchev–Trinajstić information content (AvgIpc) is 3.68. The van der Waals surface area contributed by atoms with Gasteiger partial charge in [0, 0.05) is 23.9 Å².